The molecule has 0 saturated heterocycles. The highest BCUT2D eigenvalue weighted by atomic mass is 14.9. The van der Waals surface area contributed by atoms with Gasteiger partial charge in [-0.25, -0.2) is 0 Å². The zero-order valence-electron chi connectivity index (χ0n) is 10.5. The third-order valence-corrected chi connectivity index (χ3v) is 3.82. The molecule has 0 radical (unpaired) electrons. The number of rotatable bonds is 3. The van der Waals surface area contributed by atoms with E-state index in [1.807, 2.05) is 24.4 Å². The van der Waals surface area contributed by atoms with Crippen LogP contribution >= 0.6 is 0 Å². The van der Waals surface area contributed by atoms with E-state index in [1.54, 1.807) is 0 Å². The van der Waals surface area contributed by atoms with Crippen molar-refractivity contribution in [3.8, 4) is 0 Å². The Morgan fingerprint density at radius 2 is 2.06 bits per heavy atom. The summed E-state index contributed by atoms with van der Waals surface area (Å²) >= 11 is 0. The number of nitrogens with two attached hydrogens (primary N) is 1. The number of aromatic nitrogens is 1. The molecule has 1 aliphatic rings. The van der Waals surface area contributed by atoms with Gasteiger partial charge in [-0.3, -0.25) is 4.98 Å². The summed E-state index contributed by atoms with van der Waals surface area (Å²) in [7, 11) is 0. The molecule has 1 aromatic carbocycles. The predicted octanol–water partition coefficient (Wildman–Crippen LogP) is 3.42. The zero-order chi connectivity index (χ0) is 12.4. The topological polar surface area (TPSA) is 50.9 Å². The highest BCUT2D eigenvalue weighted by molar-refractivity contribution is 5.92. The molecular weight excluding hydrogens is 222 g/mol. The van der Waals surface area contributed by atoms with E-state index in [-0.39, 0.29) is 0 Å². The number of benzene rings is 1. The molecule has 0 spiro atoms. The summed E-state index contributed by atoms with van der Waals surface area (Å²) in [5.41, 5.74) is 8.69. The molecule has 3 heteroatoms. The Bertz CT molecular complexity index is 544. The van der Waals surface area contributed by atoms with Crippen molar-refractivity contribution in [2.24, 2.45) is 5.92 Å². The molecule has 1 saturated carbocycles. The van der Waals surface area contributed by atoms with Gasteiger partial charge in [0, 0.05) is 29.5 Å². The lowest BCUT2D eigenvalue weighted by Crippen LogP contribution is -2.11. The van der Waals surface area contributed by atoms with Gasteiger partial charge >= 0.3 is 0 Å². The largest absolute Gasteiger partial charge is 0.399 e. The molecule has 0 bridgehead atoms. The summed E-state index contributed by atoms with van der Waals surface area (Å²) < 4.78 is 0. The molecule has 3 N–H and O–H groups in total. The normalized spacial score (nSPS) is 16.2. The first kappa shape index (κ1) is 11.3. The van der Waals surface area contributed by atoms with Gasteiger partial charge in [0.2, 0.25) is 0 Å². The Hall–Kier alpha value is -1.77. The third-order valence-electron chi connectivity index (χ3n) is 3.82. The summed E-state index contributed by atoms with van der Waals surface area (Å²) in [5, 5.41) is 4.73. The first-order valence-electron chi connectivity index (χ1n) is 6.71. The van der Waals surface area contributed by atoms with Crippen molar-refractivity contribution in [1.29, 1.82) is 0 Å². The first-order valence-corrected chi connectivity index (χ1v) is 6.71. The van der Waals surface area contributed by atoms with Gasteiger partial charge in [-0.05, 0) is 43.0 Å². The highest BCUT2D eigenvalue weighted by Gasteiger charge is 2.14. The molecule has 3 rings (SSSR count). The van der Waals surface area contributed by atoms with Crippen LogP contribution in [0.1, 0.15) is 25.7 Å². The Balaban J connectivity index is 1.82. The van der Waals surface area contributed by atoms with Crippen LogP contribution in [0.25, 0.3) is 10.9 Å². The quantitative estimate of drug-likeness (QED) is 0.809. The van der Waals surface area contributed by atoms with Crippen molar-refractivity contribution in [2.45, 2.75) is 25.7 Å². The average Bonchev–Trinajstić information content (AvgIpc) is 2.89. The van der Waals surface area contributed by atoms with E-state index in [9.17, 15) is 0 Å². The van der Waals surface area contributed by atoms with Crippen molar-refractivity contribution >= 4 is 22.3 Å². The first-order chi connectivity index (χ1) is 8.83. The van der Waals surface area contributed by atoms with Gasteiger partial charge in [-0.1, -0.05) is 12.8 Å². The lowest BCUT2D eigenvalue weighted by molar-refractivity contribution is 0.580. The maximum Gasteiger partial charge on any atom is 0.0743 e. The number of hydrogen-bond donors (Lipinski definition) is 2. The molecule has 1 aliphatic carbocycles. The maximum absolute atomic E-state index is 5.79. The minimum atomic E-state index is 0.767. The monoisotopic (exact) mass is 241 g/mol. The second-order valence-electron chi connectivity index (χ2n) is 5.17. The van der Waals surface area contributed by atoms with E-state index in [1.165, 1.54) is 31.4 Å². The fourth-order valence-electron chi connectivity index (χ4n) is 2.79. The molecule has 0 amide bonds. The van der Waals surface area contributed by atoms with Crippen molar-refractivity contribution in [1.82, 2.24) is 4.98 Å². The predicted molar refractivity (Wildman–Crippen MR) is 76.6 cm³/mol. The van der Waals surface area contributed by atoms with E-state index < -0.39 is 0 Å². The average molecular weight is 241 g/mol. The van der Waals surface area contributed by atoms with Crippen LogP contribution in [0.4, 0.5) is 11.4 Å². The van der Waals surface area contributed by atoms with Crippen molar-refractivity contribution < 1.29 is 0 Å². The molecule has 2 aromatic rings. The summed E-state index contributed by atoms with van der Waals surface area (Å²) in [6, 6.07) is 7.96. The van der Waals surface area contributed by atoms with Crippen molar-refractivity contribution in [2.75, 3.05) is 17.6 Å². The van der Waals surface area contributed by atoms with Crippen LogP contribution < -0.4 is 11.1 Å². The fourth-order valence-corrected chi connectivity index (χ4v) is 2.79. The molecule has 1 aromatic heterocycles. The van der Waals surface area contributed by atoms with Crippen LogP contribution in [-0.2, 0) is 0 Å². The SMILES string of the molecule is Nc1ccc2c(NCC3CCCC3)ccnc2c1. The third kappa shape index (κ3) is 2.26. The standard InChI is InChI=1S/C15H19N3/c16-12-5-6-13-14(7-8-17-15(13)9-12)18-10-11-3-1-2-4-11/h5-9,11H,1-4,10,16H2,(H,17,18). The van der Waals surface area contributed by atoms with Crippen molar-refractivity contribution in [3.05, 3.63) is 30.5 Å². The zero-order valence-corrected chi connectivity index (χ0v) is 10.5. The Morgan fingerprint density at radius 3 is 2.89 bits per heavy atom. The smallest absolute Gasteiger partial charge is 0.0743 e. The molecular formula is C15H19N3. The fraction of sp³-hybridized carbons (Fsp3) is 0.400. The van der Waals surface area contributed by atoms with E-state index in [4.69, 9.17) is 5.73 Å². The summed E-state index contributed by atoms with van der Waals surface area (Å²) in [4.78, 5) is 4.36. The number of pyridine rings is 1. The van der Waals surface area contributed by atoms with Crippen LogP contribution in [0.15, 0.2) is 30.5 Å². The minimum absolute atomic E-state index is 0.767. The minimum Gasteiger partial charge on any atom is -0.399 e. The highest BCUT2D eigenvalue weighted by Crippen LogP contribution is 2.27. The van der Waals surface area contributed by atoms with Crippen molar-refractivity contribution in [3.63, 3.8) is 0 Å². The van der Waals surface area contributed by atoms with E-state index in [0.717, 1.165) is 29.1 Å². The van der Waals surface area contributed by atoms with E-state index in [0.29, 0.717) is 0 Å². The summed E-state index contributed by atoms with van der Waals surface area (Å²) in [5.74, 6) is 0.835. The molecule has 1 fully saturated rings. The van der Waals surface area contributed by atoms with Gasteiger partial charge in [0.15, 0.2) is 0 Å². The lowest BCUT2D eigenvalue weighted by Gasteiger charge is -2.13. The summed E-state index contributed by atoms with van der Waals surface area (Å²) in [6.45, 7) is 1.07. The van der Waals surface area contributed by atoms with Crippen LogP contribution in [0, 0.1) is 5.92 Å². The van der Waals surface area contributed by atoms with Crippen LogP contribution in [0.3, 0.4) is 0 Å². The molecule has 18 heavy (non-hydrogen) atoms. The molecule has 0 atom stereocenters. The number of nitrogens with one attached hydrogen (secondary N) is 1. The number of fused-ring (bicyclic) bond motifs is 1. The Labute approximate surface area is 107 Å². The van der Waals surface area contributed by atoms with Gasteiger partial charge in [-0.2, -0.15) is 0 Å². The molecule has 1 heterocycles. The van der Waals surface area contributed by atoms with Crippen LogP contribution in [0.5, 0.6) is 0 Å². The molecule has 0 unspecified atom stereocenters. The number of hydrogen-bond acceptors (Lipinski definition) is 3. The van der Waals surface area contributed by atoms with E-state index in [2.05, 4.69) is 16.4 Å². The molecule has 94 valence electrons. The van der Waals surface area contributed by atoms with E-state index >= 15 is 0 Å². The second-order valence-corrected chi connectivity index (χ2v) is 5.17. The van der Waals surface area contributed by atoms with Crippen LogP contribution in [-0.4, -0.2) is 11.5 Å². The number of nitrogen functional groups attached to an aromatic ring is 1. The second kappa shape index (κ2) is 4.84. The van der Waals surface area contributed by atoms with Gasteiger partial charge in [0.25, 0.3) is 0 Å². The van der Waals surface area contributed by atoms with Crippen LogP contribution in [0.2, 0.25) is 0 Å². The van der Waals surface area contributed by atoms with Gasteiger partial charge in [0.05, 0.1) is 5.52 Å². The number of anilines is 2. The summed E-state index contributed by atoms with van der Waals surface area (Å²) in [6.07, 6.45) is 7.35. The maximum atomic E-state index is 5.79. The Kier molecular flexibility index (Phi) is 3.05. The van der Waals surface area contributed by atoms with Gasteiger partial charge < -0.3 is 11.1 Å². The number of nitrogens with zero attached hydrogens (tertiary/aromatic N) is 1. The molecule has 3 nitrogen and oxygen atoms in total. The molecule has 0 aliphatic heterocycles. The Morgan fingerprint density at radius 1 is 1.22 bits per heavy atom. The lowest BCUT2D eigenvalue weighted by atomic mass is 10.1. The van der Waals surface area contributed by atoms with Gasteiger partial charge in [-0.15, -0.1) is 0 Å². The van der Waals surface area contributed by atoms with Gasteiger partial charge in [0.1, 0.15) is 0 Å².